The molecule has 0 spiro atoms. The highest BCUT2D eigenvalue weighted by Crippen LogP contribution is 2.26. The topological polar surface area (TPSA) is 61.5 Å². The van der Waals surface area contributed by atoms with Crippen molar-refractivity contribution in [3.05, 3.63) is 63.6 Å². The lowest BCUT2D eigenvalue weighted by Gasteiger charge is -2.12. The van der Waals surface area contributed by atoms with Crippen molar-refractivity contribution in [3.63, 3.8) is 0 Å². The lowest BCUT2D eigenvalue weighted by Crippen LogP contribution is -2.27. The molecule has 2 aromatic rings. The maximum absolute atomic E-state index is 11.4. The predicted octanol–water partition coefficient (Wildman–Crippen LogP) is 4.40. The van der Waals surface area contributed by atoms with Gasteiger partial charge in [0.1, 0.15) is 12.4 Å². The lowest BCUT2D eigenvalue weighted by atomic mass is 10.0. The third-order valence-electron chi connectivity index (χ3n) is 3.60. The second-order valence-corrected chi connectivity index (χ2v) is 6.42. The van der Waals surface area contributed by atoms with Crippen molar-refractivity contribution in [1.29, 1.82) is 0 Å². The second-order valence-electron chi connectivity index (χ2n) is 5.61. The molecule has 0 heterocycles. The molecule has 0 aromatic heterocycles. The highest BCUT2D eigenvalue weighted by molar-refractivity contribution is 6.35. The first kappa shape index (κ1) is 19.6. The minimum absolute atomic E-state index is 0.205. The predicted molar refractivity (Wildman–Crippen MR) is 100 cm³/mol. The van der Waals surface area contributed by atoms with E-state index in [2.05, 4.69) is 0 Å². The Balaban J connectivity index is 1.88. The Labute approximate surface area is 157 Å². The van der Waals surface area contributed by atoms with Crippen LogP contribution in [0.5, 0.6) is 5.75 Å². The number of hydrogen-bond donors (Lipinski definition) is 1. The summed E-state index contributed by atoms with van der Waals surface area (Å²) in [5.74, 6) is 0.435. The van der Waals surface area contributed by atoms with Gasteiger partial charge in [0.05, 0.1) is 13.0 Å². The van der Waals surface area contributed by atoms with Gasteiger partial charge in [0.15, 0.2) is 0 Å². The summed E-state index contributed by atoms with van der Waals surface area (Å²) in [4.78, 5) is 11.4. The van der Waals surface area contributed by atoms with Crippen LogP contribution in [0.25, 0.3) is 0 Å². The fourth-order valence-electron chi connectivity index (χ4n) is 2.36. The van der Waals surface area contributed by atoms with Gasteiger partial charge in [-0.05, 0) is 43.2 Å². The summed E-state index contributed by atoms with van der Waals surface area (Å²) < 4.78 is 10.6. The van der Waals surface area contributed by atoms with Crippen molar-refractivity contribution in [2.24, 2.45) is 5.73 Å². The Morgan fingerprint density at radius 3 is 2.36 bits per heavy atom. The summed E-state index contributed by atoms with van der Waals surface area (Å²) in [6.45, 7) is 2.44. The molecule has 0 aliphatic rings. The molecular weight excluding hydrogens is 361 g/mol. The number of carbonyl (C=O) groups excluding carboxylic acids is 1. The summed E-state index contributed by atoms with van der Waals surface area (Å²) in [6, 6.07) is 12.6. The minimum Gasteiger partial charge on any atom is -0.489 e. The summed E-state index contributed by atoms with van der Waals surface area (Å²) in [7, 11) is 0. The van der Waals surface area contributed by atoms with Crippen LogP contribution < -0.4 is 10.5 Å². The number of benzene rings is 2. The largest absolute Gasteiger partial charge is 0.489 e. The van der Waals surface area contributed by atoms with Crippen LogP contribution in [0.1, 0.15) is 24.5 Å². The molecule has 0 aliphatic carbocycles. The normalized spacial score (nSPS) is 11.8. The van der Waals surface area contributed by atoms with Crippen molar-refractivity contribution in [2.45, 2.75) is 32.4 Å². The second kappa shape index (κ2) is 9.66. The first-order valence-electron chi connectivity index (χ1n) is 8.05. The van der Waals surface area contributed by atoms with Gasteiger partial charge >= 0.3 is 5.97 Å². The van der Waals surface area contributed by atoms with Crippen LogP contribution in [-0.4, -0.2) is 18.6 Å². The van der Waals surface area contributed by atoms with E-state index in [4.69, 9.17) is 38.4 Å². The van der Waals surface area contributed by atoms with E-state index in [1.54, 1.807) is 25.1 Å². The van der Waals surface area contributed by atoms with Crippen LogP contribution in [0.15, 0.2) is 42.5 Å². The van der Waals surface area contributed by atoms with E-state index in [0.29, 0.717) is 35.4 Å². The average Bonchev–Trinajstić information content (AvgIpc) is 2.56. The molecule has 0 aliphatic heterocycles. The van der Waals surface area contributed by atoms with E-state index >= 15 is 0 Å². The first-order chi connectivity index (χ1) is 12.0. The molecule has 134 valence electrons. The Kier molecular flexibility index (Phi) is 7.56. The molecular formula is C19H21Cl2NO3. The highest BCUT2D eigenvalue weighted by atomic mass is 35.5. The zero-order valence-electron chi connectivity index (χ0n) is 14.0. The molecule has 0 unspecified atom stereocenters. The van der Waals surface area contributed by atoms with Gasteiger partial charge in [0.2, 0.25) is 0 Å². The lowest BCUT2D eigenvalue weighted by molar-refractivity contribution is -0.143. The molecule has 25 heavy (non-hydrogen) atoms. The molecule has 0 bridgehead atoms. The van der Waals surface area contributed by atoms with Gasteiger partial charge in [-0.25, -0.2) is 0 Å². The molecule has 0 radical (unpaired) electrons. The number of carbonyl (C=O) groups is 1. The van der Waals surface area contributed by atoms with Crippen LogP contribution >= 0.6 is 23.2 Å². The minimum atomic E-state index is -0.272. The zero-order chi connectivity index (χ0) is 18.2. The van der Waals surface area contributed by atoms with Crippen LogP contribution in [0.4, 0.5) is 0 Å². The van der Waals surface area contributed by atoms with Crippen molar-refractivity contribution in [3.8, 4) is 5.75 Å². The van der Waals surface area contributed by atoms with Gasteiger partial charge in [-0.1, -0.05) is 41.4 Å². The van der Waals surface area contributed by atoms with E-state index in [9.17, 15) is 4.79 Å². The van der Waals surface area contributed by atoms with Crippen LogP contribution in [0.3, 0.4) is 0 Å². The number of esters is 1. The van der Waals surface area contributed by atoms with Crippen molar-refractivity contribution in [1.82, 2.24) is 0 Å². The first-order valence-corrected chi connectivity index (χ1v) is 8.81. The summed E-state index contributed by atoms with van der Waals surface area (Å²) >= 11 is 12.3. The molecule has 0 saturated heterocycles. The zero-order valence-corrected chi connectivity index (χ0v) is 15.5. The van der Waals surface area contributed by atoms with E-state index in [1.807, 2.05) is 24.3 Å². The Hall–Kier alpha value is -1.75. The molecule has 0 fully saturated rings. The molecule has 2 aromatic carbocycles. The van der Waals surface area contributed by atoms with Gasteiger partial charge in [0.25, 0.3) is 0 Å². The van der Waals surface area contributed by atoms with Crippen LogP contribution in [0.2, 0.25) is 10.0 Å². The van der Waals surface area contributed by atoms with Crippen molar-refractivity contribution in [2.75, 3.05) is 6.61 Å². The van der Waals surface area contributed by atoms with E-state index in [0.717, 1.165) is 11.1 Å². The number of ether oxygens (including phenoxy) is 2. The fraction of sp³-hybridized carbons (Fsp3) is 0.316. The molecule has 2 rings (SSSR count). The van der Waals surface area contributed by atoms with Crippen molar-refractivity contribution >= 4 is 29.2 Å². The SMILES string of the molecule is CCOC(=O)C[C@@H](N)Cc1ccc(OCc2c(Cl)cccc2Cl)cc1. The van der Waals surface area contributed by atoms with Crippen LogP contribution in [-0.2, 0) is 22.6 Å². The third-order valence-corrected chi connectivity index (χ3v) is 4.31. The quantitative estimate of drug-likeness (QED) is 0.688. The fourth-order valence-corrected chi connectivity index (χ4v) is 2.86. The number of rotatable bonds is 8. The maximum Gasteiger partial charge on any atom is 0.307 e. The molecule has 2 N–H and O–H groups in total. The number of halogens is 2. The van der Waals surface area contributed by atoms with Crippen LogP contribution in [0, 0.1) is 0 Å². The molecule has 1 atom stereocenters. The van der Waals surface area contributed by atoms with Gasteiger partial charge < -0.3 is 15.2 Å². The molecule has 0 amide bonds. The van der Waals surface area contributed by atoms with Crippen molar-refractivity contribution < 1.29 is 14.3 Å². The Bertz CT molecular complexity index is 684. The monoisotopic (exact) mass is 381 g/mol. The van der Waals surface area contributed by atoms with Gasteiger partial charge in [-0.2, -0.15) is 0 Å². The third kappa shape index (κ3) is 6.24. The van der Waals surface area contributed by atoms with Gasteiger partial charge in [-0.3, -0.25) is 4.79 Å². The smallest absolute Gasteiger partial charge is 0.307 e. The summed E-state index contributed by atoms with van der Waals surface area (Å²) in [6.07, 6.45) is 0.798. The molecule has 6 heteroatoms. The standard InChI is InChI=1S/C19H21Cl2NO3/c1-2-24-19(23)11-14(22)10-13-6-8-15(9-7-13)25-12-16-17(20)4-3-5-18(16)21/h3-9,14H,2,10-12,22H2,1H3/t14-/m0/s1. The number of nitrogens with two attached hydrogens (primary N) is 1. The Morgan fingerprint density at radius 1 is 1.12 bits per heavy atom. The summed E-state index contributed by atoms with van der Waals surface area (Å²) in [5.41, 5.74) is 7.77. The average molecular weight is 382 g/mol. The Morgan fingerprint density at radius 2 is 1.76 bits per heavy atom. The van der Waals surface area contributed by atoms with Gasteiger partial charge in [-0.15, -0.1) is 0 Å². The summed E-state index contributed by atoms with van der Waals surface area (Å²) in [5, 5.41) is 1.16. The van der Waals surface area contributed by atoms with E-state index in [1.165, 1.54) is 0 Å². The van der Waals surface area contributed by atoms with E-state index < -0.39 is 0 Å². The maximum atomic E-state index is 11.4. The van der Waals surface area contributed by atoms with E-state index in [-0.39, 0.29) is 18.4 Å². The molecule has 4 nitrogen and oxygen atoms in total. The van der Waals surface area contributed by atoms with Gasteiger partial charge in [0, 0.05) is 21.7 Å². The molecule has 0 saturated carbocycles. The highest BCUT2D eigenvalue weighted by Gasteiger charge is 2.11. The number of hydrogen-bond acceptors (Lipinski definition) is 4.